The zero-order valence-corrected chi connectivity index (χ0v) is 13.7. The Hall–Kier alpha value is -1.26. The number of carboxylic acids is 1. The van der Waals surface area contributed by atoms with Crippen molar-refractivity contribution in [2.24, 2.45) is 17.8 Å². The number of aliphatic carboxylic acids is 1. The molecule has 0 aromatic carbocycles. The molecule has 1 fully saturated rings. The van der Waals surface area contributed by atoms with E-state index in [0.717, 1.165) is 19.3 Å². The third kappa shape index (κ3) is 5.94. The van der Waals surface area contributed by atoms with E-state index in [4.69, 9.17) is 0 Å². The Morgan fingerprint density at radius 2 is 1.76 bits per heavy atom. The van der Waals surface area contributed by atoms with Gasteiger partial charge >= 0.3 is 12.0 Å². The van der Waals surface area contributed by atoms with Gasteiger partial charge in [0.15, 0.2) is 0 Å². The van der Waals surface area contributed by atoms with E-state index in [1.54, 1.807) is 0 Å². The van der Waals surface area contributed by atoms with E-state index in [9.17, 15) is 14.7 Å². The molecular weight excluding hydrogens is 268 g/mol. The Morgan fingerprint density at radius 1 is 1.14 bits per heavy atom. The zero-order valence-electron chi connectivity index (χ0n) is 13.7. The summed E-state index contributed by atoms with van der Waals surface area (Å²) in [6, 6.07) is -1.00. The SMILES string of the molecule is CC(C)C[C@H](NC(=O)NC1CCCCC1C(C)C)C(=O)O. The third-order valence-corrected chi connectivity index (χ3v) is 4.30. The number of carbonyl (C=O) groups excluding carboxylic acids is 1. The standard InChI is InChI=1S/C16H30N2O3/c1-10(2)9-14(15(19)20)18-16(21)17-13-8-6-5-7-12(13)11(3)4/h10-14H,5-9H2,1-4H3,(H,19,20)(H2,17,18,21)/t12?,13?,14-/m0/s1. The van der Waals surface area contributed by atoms with Crippen LogP contribution in [0.15, 0.2) is 0 Å². The van der Waals surface area contributed by atoms with Crippen molar-refractivity contribution in [3.63, 3.8) is 0 Å². The lowest BCUT2D eigenvalue weighted by Gasteiger charge is -2.35. The predicted molar refractivity (Wildman–Crippen MR) is 83.1 cm³/mol. The van der Waals surface area contributed by atoms with Crippen molar-refractivity contribution in [2.45, 2.75) is 71.9 Å². The lowest BCUT2D eigenvalue weighted by Crippen LogP contribution is -2.52. The van der Waals surface area contributed by atoms with Gasteiger partial charge in [0.1, 0.15) is 6.04 Å². The third-order valence-electron chi connectivity index (χ3n) is 4.30. The van der Waals surface area contributed by atoms with Crippen LogP contribution in [0, 0.1) is 17.8 Å². The molecule has 3 N–H and O–H groups in total. The van der Waals surface area contributed by atoms with Crippen LogP contribution in [0.5, 0.6) is 0 Å². The van der Waals surface area contributed by atoms with E-state index < -0.39 is 12.0 Å². The average Bonchev–Trinajstić information content (AvgIpc) is 2.37. The number of nitrogens with one attached hydrogen (secondary N) is 2. The van der Waals surface area contributed by atoms with Crippen molar-refractivity contribution in [3.8, 4) is 0 Å². The molecule has 0 spiro atoms. The lowest BCUT2D eigenvalue weighted by atomic mass is 9.78. The average molecular weight is 298 g/mol. The van der Waals surface area contributed by atoms with E-state index in [1.165, 1.54) is 6.42 Å². The van der Waals surface area contributed by atoms with Gasteiger partial charge in [-0.25, -0.2) is 9.59 Å². The van der Waals surface area contributed by atoms with Gasteiger partial charge in [-0.1, -0.05) is 40.5 Å². The summed E-state index contributed by atoms with van der Waals surface area (Å²) in [4.78, 5) is 23.3. The highest BCUT2D eigenvalue weighted by atomic mass is 16.4. The summed E-state index contributed by atoms with van der Waals surface area (Å²) in [6.07, 6.45) is 4.91. The van der Waals surface area contributed by atoms with Crippen molar-refractivity contribution in [1.82, 2.24) is 10.6 Å². The van der Waals surface area contributed by atoms with E-state index in [2.05, 4.69) is 24.5 Å². The summed E-state index contributed by atoms with van der Waals surface area (Å²) in [7, 11) is 0. The molecular formula is C16H30N2O3. The van der Waals surface area contributed by atoms with Crippen molar-refractivity contribution in [2.75, 3.05) is 0 Å². The molecule has 0 aliphatic heterocycles. The van der Waals surface area contributed by atoms with Crippen molar-refractivity contribution >= 4 is 12.0 Å². The summed E-state index contributed by atoms with van der Waals surface area (Å²) >= 11 is 0. The summed E-state index contributed by atoms with van der Waals surface area (Å²) in [5.74, 6) is 0.270. The molecule has 1 saturated carbocycles. The molecule has 1 aliphatic rings. The number of carboxylic acid groups (broad SMARTS) is 1. The fraction of sp³-hybridized carbons (Fsp3) is 0.875. The predicted octanol–water partition coefficient (Wildman–Crippen LogP) is 3.00. The first kappa shape index (κ1) is 17.8. The van der Waals surface area contributed by atoms with E-state index in [1.807, 2.05) is 13.8 Å². The maximum atomic E-state index is 12.1. The molecule has 122 valence electrons. The van der Waals surface area contributed by atoms with Gasteiger partial charge in [-0.15, -0.1) is 0 Å². The highest BCUT2D eigenvalue weighted by Crippen LogP contribution is 2.30. The molecule has 0 heterocycles. The van der Waals surface area contributed by atoms with Gasteiger partial charge in [0, 0.05) is 6.04 Å². The Labute approximate surface area is 127 Å². The van der Waals surface area contributed by atoms with Crippen LogP contribution in [0.25, 0.3) is 0 Å². The number of rotatable bonds is 6. The summed E-state index contributed by atoms with van der Waals surface area (Å²) in [5.41, 5.74) is 0. The largest absolute Gasteiger partial charge is 0.480 e. The zero-order chi connectivity index (χ0) is 16.0. The molecule has 0 bridgehead atoms. The number of amides is 2. The molecule has 2 unspecified atom stereocenters. The van der Waals surface area contributed by atoms with Gasteiger partial charge in [0.2, 0.25) is 0 Å². The Balaban J connectivity index is 2.55. The number of hydrogen-bond donors (Lipinski definition) is 3. The second kappa shape index (κ2) is 8.25. The second-order valence-corrected chi connectivity index (χ2v) is 6.94. The first-order valence-electron chi connectivity index (χ1n) is 8.11. The molecule has 0 radical (unpaired) electrons. The smallest absolute Gasteiger partial charge is 0.326 e. The number of hydrogen-bond acceptors (Lipinski definition) is 2. The van der Waals surface area contributed by atoms with Gasteiger partial charge in [0.25, 0.3) is 0 Å². The molecule has 21 heavy (non-hydrogen) atoms. The van der Waals surface area contributed by atoms with Crippen LogP contribution < -0.4 is 10.6 Å². The lowest BCUT2D eigenvalue weighted by molar-refractivity contribution is -0.139. The van der Waals surface area contributed by atoms with E-state index in [0.29, 0.717) is 18.3 Å². The molecule has 5 nitrogen and oxygen atoms in total. The highest BCUT2D eigenvalue weighted by Gasteiger charge is 2.29. The molecule has 3 atom stereocenters. The van der Waals surface area contributed by atoms with Crippen LogP contribution in [-0.4, -0.2) is 29.2 Å². The maximum absolute atomic E-state index is 12.1. The van der Waals surface area contributed by atoms with Crippen LogP contribution >= 0.6 is 0 Å². The molecule has 0 aromatic heterocycles. The van der Waals surface area contributed by atoms with Crippen molar-refractivity contribution < 1.29 is 14.7 Å². The Kier molecular flexibility index (Phi) is 6.99. The van der Waals surface area contributed by atoms with Crippen LogP contribution in [0.1, 0.15) is 59.8 Å². The van der Waals surface area contributed by atoms with Crippen molar-refractivity contribution in [3.05, 3.63) is 0 Å². The van der Waals surface area contributed by atoms with Gasteiger partial charge in [-0.05, 0) is 37.0 Å². The minimum Gasteiger partial charge on any atom is -0.480 e. The van der Waals surface area contributed by atoms with Crippen LogP contribution in [-0.2, 0) is 4.79 Å². The minimum atomic E-state index is -0.970. The fourth-order valence-electron chi connectivity index (χ4n) is 3.20. The second-order valence-electron chi connectivity index (χ2n) is 6.94. The Bertz CT molecular complexity index is 355. The first-order valence-corrected chi connectivity index (χ1v) is 8.11. The molecule has 2 amide bonds. The topological polar surface area (TPSA) is 78.4 Å². The first-order chi connectivity index (χ1) is 9.81. The van der Waals surface area contributed by atoms with E-state index >= 15 is 0 Å². The molecule has 1 aliphatic carbocycles. The van der Waals surface area contributed by atoms with Gasteiger partial charge in [-0.2, -0.15) is 0 Å². The normalized spacial score (nSPS) is 23.9. The Morgan fingerprint density at radius 3 is 2.29 bits per heavy atom. The number of urea groups is 1. The molecule has 0 aromatic rings. The summed E-state index contributed by atoms with van der Waals surface area (Å²) < 4.78 is 0. The maximum Gasteiger partial charge on any atom is 0.326 e. The monoisotopic (exact) mass is 298 g/mol. The summed E-state index contributed by atoms with van der Waals surface area (Å²) in [5, 5.41) is 14.8. The van der Waals surface area contributed by atoms with Crippen LogP contribution in [0.3, 0.4) is 0 Å². The van der Waals surface area contributed by atoms with Gasteiger partial charge in [0.05, 0.1) is 0 Å². The minimum absolute atomic E-state index is 0.159. The molecule has 0 saturated heterocycles. The van der Waals surface area contributed by atoms with Crippen molar-refractivity contribution in [1.29, 1.82) is 0 Å². The summed E-state index contributed by atoms with van der Waals surface area (Å²) in [6.45, 7) is 8.26. The molecule has 5 heteroatoms. The highest BCUT2D eigenvalue weighted by molar-refractivity contribution is 5.82. The van der Waals surface area contributed by atoms with Gasteiger partial charge < -0.3 is 15.7 Å². The number of carbonyl (C=O) groups is 2. The van der Waals surface area contributed by atoms with Crippen LogP contribution in [0.4, 0.5) is 4.79 Å². The van der Waals surface area contributed by atoms with Crippen LogP contribution in [0.2, 0.25) is 0 Å². The fourth-order valence-corrected chi connectivity index (χ4v) is 3.20. The quantitative estimate of drug-likeness (QED) is 0.705. The molecule has 1 rings (SSSR count). The van der Waals surface area contributed by atoms with E-state index in [-0.39, 0.29) is 18.0 Å². The van der Waals surface area contributed by atoms with Gasteiger partial charge in [-0.3, -0.25) is 0 Å².